The summed E-state index contributed by atoms with van der Waals surface area (Å²) < 4.78 is 11.7. The van der Waals surface area contributed by atoms with E-state index in [0.29, 0.717) is 17.9 Å². The van der Waals surface area contributed by atoms with Gasteiger partial charge in [-0.25, -0.2) is 4.79 Å². The second-order valence-corrected chi connectivity index (χ2v) is 12.1. The quantitative estimate of drug-likeness (QED) is 0.461. The van der Waals surface area contributed by atoms with Gasteiger partial charge in [-0.05, 0) is 94.4 Å². The molecule has 0 N–H and O–H groups in total. The molecule has 1 aliphatic rings. The maximum Gasteiger partial charge on any atom is 0.338 e. The molecule has 4 nitrogen and oxygen atoms in total. The SMILES string of the molecule is CC(C)CC(C)(C)OC(=O)c1ccc2c(c1)CCC(C(=O)OC(C)(C)CC(C)(C)C)C2. The zero-order valence-corrected chi connectivity index (χ0v) is 21.1. The first kappa shape index (κ1) is 25.4. The van der Waals surface area contributed by atoms with E-state index >= 15 is 0 Å². The van der Waals surface area contributed by atoms with Crippen molar-refractivity contribution in [2.45, 2.75) is 106 Å². The lowest BCUT2D eigenvalue weighted by molar-refractivity contribution is -0.164. The molecule has 0 saturated heterocycles. The molecule has 0 fully saturated rings. The highest BCUT2D eigenvalue weighted by atomic mass is 16.6. The van der Waals surface area contributed by atoms with Crippen LogP contribution in [0.1, 0.15) is 103 Å². The number of ether oxygens (including phenoxy) is 2. The molecule has 1 aromatic carbocycles. The molecule has 0 heterocycles. The minimum atomic E-state index is -0.490. The van der Waals surface area contributed by atoms with Crippen molar-refractivity contribution in [3.8, 4) is 0 Å². The Morgan fingerprint density at radius 2 is 1.61 bits per heavy atom. The van der Waals surface area contributed by atoms with Crippen molar-refractivity contribution in [3.63, 3.8) is 0 Å². The Morgan fingerprint density at radius 1 is 0.968 bits per heavy atom. The minimum absolute atomic E-state index is 0.0949. The van der Waals surface area contributed by atoms with Gasteiger partial charge in [0.15, 0.2) is 0 Å². The van der Waals surface area contributed by atoms with Gasteiger partial charge in [0, 0.05) is 0 Å². The Morgan fingerprint density at radius 3 is 2.19 bits per heavy atom. The van der Waals surface area contributed by atoms with Gasteiger partial charge >= 0.3 is 11.9 Å². The number of aryl methyl sites for hydroxylation is 1. The molecule has 4 heteroatoms. The Hall–Kier alpha value is -1.84. The number of fused-ring (bicyclic) bond motifs is 1. The molecule has 1 aliphatic carbocycles. The van der Waals surface area contributed by atoms with E-state index in [9.17, 15) is 9.59 Å². The lowest BCUT2D eigenvalue weighted by Crippen LogP contribution is -2.36. The van der Waals surface area contributed by atoms with Crippen molar-refractivity contribution >= 4 is 11.9 Å². The van der Waals surface area contributed by atoms with Gasteiger partial charge in [-0.2, -0.15) is 0 Å². The summed E-state index contributed by atoms with van der Waals surface area (Å²) >= 11 is 0. The third-order valence-corrected chi connectivity index (χ3v) is 5.61. The zero-order chi connectivity index (χ0) is 23.6. The predicted octanol–water partition coefficient (Wildman–Crippen LogP) is 6.53. The number of carbonyl (C=O) groups excluding carboxylic acids is 2. The fourth-order valence-electron chi connectivity index (χ4n) is 5.09. The average Bonchev–Trinajstić information content (AvgIpc) is 2.56. The standard InChI is InChI=1S/C27H42O4/c1-18(2)16-26(6,7)30-23(28)21-12-10-20-15-22(13-11-19(20)14-21)24(29)31-27(8,9)17-25(3,4)5/h10,12,14,18,22H,11,13,15-17H2,1-9H3. The average molecular weight is 431 g/mol. The predicted molar refractivity (Wildman–Crippen MR) is 125 cm³/mol. The molecule has 0 aliphatic heterocycles. The Balaban J connectivity index is 2.03. The van der Waals surface area contributed by atoms with Gasteiger partial charge in [0.2, 0.25) is 0 Å². The van der Waals surface area contributed by atoms with Crippen LogP contribution >= 0.6 is 0 Å². The summed E-state index contributed by atoms with van der Waals surface area (Å²) in [6.07, 6.45) is 3.81. The Labute approximate surface area is 189 Å². The fraction of sp³-hybridized carbons (Fsp3) is 0.704. The van der Waals surface area contributed by atoms with E-state index in [2.05, 4.69) is 34.6 Å². The lowest BCUT2D eigenvalue weighted by atomic mass is 9.82. The molecular formula is C27H42O4. The Kier molecular flexibility index (Phi) is 7.66. The van der Waals surface area contributed by atoms with E-state index in [1.807, 2.05) is 45.9 Å². The van der Waals surface area contributed by atoms with Crippen LogP contribution < -0.4 is 0 Å². The molecule has 1 atom stereocenters. The highest BCUT2D eigenvalue weighted by molar-refractivity contribution is 5.90. The van der Waals surface area contributed by atoms with Gasteiger partial charge in [-0.15, -0.1) is 0 Å². The lowest BCUT2D eigenvalue weighted by Gasteiger charge is -2.34. The maximum absolute atomic E-state index is 12.8. The highest BCUT2D eigenvalue weighted by Gasteiger charge is 2.34. The molecule has 0 amide bonds. The first-order valence-electron chi connectivity index (χ1n) is 11.6. The van der Waals surface area contributed by atoms with E-state index in [0.717, 1.165) is 36.8 Å². The first-order valence-corrected chi connectivity index (χ1v) is 11.6. The number of carbonyl (C=O) groups is 2. The van der Waals surface area contributed by atoms with E-state index in [1.165, 1.54) is 0 Å². The molecule has 0 bridgehead atoms. The van der Waals surface area contributed by atoms with Crippen LogP contribution in [-0.4, -0.2) is 23.1 Å². The second kappa shape index (κ2) is 9.34. The van der Waals surface area contributed by atoms with Crippen LogP contribution in [-0.2, 0) is 27.1 Å². The van der Waals surface area contributed by atoms with Crippen LogP contribution in [0, 0.1) is 17.3 Å². The molecule has 1 unspecified atom stereocenters. The second-order valence-electron chi connectivity index (χ2n) is 12.1. The van der Waals surface area contributed by atoms with E-state index in [1.54, 1.807) is 0 Å². The van der Waals surface area contributed by atoms with Crippen LogP contribution in [0.15, 0.2) is 18.2 Å². The normalized spacial score (nSPS) is 17.3. The van der Waals surface area contributed by atoms with Gasteiger partial charge in [0.25, 0.3) is 0 Å². The van der Waals surface area contributed by atoms with Gasteiger partial charge in [-0.3, -0.25) is 4.79 Å². The third kappa shape index (κ3) is 7.97. The van der Waals surface area contributed by atoms with Crippen molar-refractivity contribution in [1.29, 1.82) is 0 Å². The summed E-state index contributed by atoms with van der Waals surface area (Å²) in [5.74, 6) is -0.0661. The van der Waals surface area contributed by atoms with Crippen LogP contribution in [0.4, 0.5) is 0 Å². The molecule has 174 valence electrons. The zero-order valence-electron chi connectivity index (χ0n) is 21.1. The maximum atomic E-state index is 12.8. The van der Waals surface area contributed by atoms with Crippen molar-refractivity contribution in [2.24, 2.45) is 17.3 Å². The molecule has 31 heavy (non-hydrogen) atoms. The molecule has 0 aromatic heterocycles. The highest BCUT2D eigenvalue weighted by Crippen LogP contribution is 2.33. The van der Waals surface area contributed by atoms with Crippen molar-refractivity contribution in [1.82, 2.24) is 0 Å². The minimum Gasteiger partial charge on any atom is -0.459 e. The summed E-state index contributed by atoms with van der Waals surface area (Å²) in [6, 6.07) is 5.74. The van der Waals surface area contributed by atoms with E-state index in [-0.39, 0.29) is 23.3 Å². The van der Waals surface area contributed by atoms with Crippen molar-refractivity contribution < 1.29 is 19.1 Å². The van der Waals surface area contributed by atoms with Crippen LogP contribution in [0.25, 0.3) is 0 Å². The molecule has 1 aromatic rings. The smallest absolute Gasteiger partial charge is 0.338 e. The summed E-state index contributed by atoms with van der Waals surface area (Å²) in [4.78, 5) is 25.5. The van der Waals surface area contributed by atoms with Gasteiger partial charge in [0.05, 0.1) is 11.5 Å². The topological polar surface area (TPSA) is 52.6 Å². The summed E-state index contributed by atoms with van der Waals surface area (Å²) in [5, 5.41) is 0. The molecule has 2 rings (SSSR count). The van der Waals surface area contributed by atoms with Crippen molar-refractivity contribution in [3.05, 3.63) is 34.9 Å². The molecule has 0 radical (unpaired) electrons. The van der Waals surface area contributed by atoms with Crippen LogP contribution in [0.5, 0.6) is 0 Å². The number of esters is 2. The molecular weight excluding hydrogens is 388 g/mol. The number of hydrogen-bond donors (Lipinski definition) is 0. The van der Waals surface area contributed by atoms with Gasteiger partial charge < -0.3 is 9.47 Å². The number of benzene rings is 1. The largest absolute Gasteiger partial charge is 0.459 e. The van der Waals surface area contributed by atoms with E-state index < -0.39 is 11.2 Å². The van der Waals surface area contributed by atoms with Gasteiger partial charge in [-0.1, -0.05) is 40.7 Å². The summed E-state index contributed by atoms with van der Waals surface area (Å²) in [5.41, 5.74) is 1.97. The summed E-state index contributed by atoms with van der Waals surface area (Å²) in [6.45, 7) is 18.6. The fourth-order valence-corrected chi connectivity index (χ4v) is 5.09. The van der Waals surface area contributed by atoms with Crippen molar-refractivity contribution in [2.75, 3.05) is 0 Å². The first-order chi connectivity index (χ1) is 14.1. The number of rotatable bonds is 7. The third-order valence-electron chi connectivity index (χ3n) is 5.61. The Bertz CT molecular complexity index is 796. The number of hydrogen-bond acceptors (Lipinski definition) is 4. The van der Waals surface area contributed by atoms with Crippen LogP contribution in [0.3, 0.4) is 0 Å². The van der Waals surface area contributed by atoms with Gasteiger partial charge in [0.1, 0.15) is 11.2 Å². The monoisotopic (exact) mass is 430 g/mol. The summed E-state index contributed by atoms with van der Waals surface area (Å²) in [7, 11) is 0. The van der Waals surface area contributed by atoms with Crippen LogP contribution in [0.2, 0.25) is 0 Å². The van der Waals surface area contributed by atoms with E-state index in [4.69, 9.17) is 9.47 Å². The molecule has 0 saturated carbocycles. The molecule has 0 spiro atoms.